The first-order valence-electron chi connectivity index (χ1n) is 5.48. The number of carbonyl (C=O) groups is 1. The second kappa shape index (κ2) is 5.49. The lowest BCUT2D eigenvalue weighted by atomic mass is 10.1. The summed E-state index contributed by atoms with van der Waals surface area (Å²) in [5.41, 5.74) is 0.306. The van der Waals surface area contributed by atoms with Crippen molar-refractivity contribution in [3.8, 4) is 5.75 Å². The number of aromatic nitrogens is 1. The molecule has 1 heterocycles. The van der Waals surface area contributed by atoms with Gasteiger partial charge in [0.05, 0.1) is 11.8 Å². The average Bonchev–Trinajstić information content (AvgIpc) is 2.28. The third kappa shape index (κ3) is 2.72. The van der Waals surface area contributed by atoms with E-state index in [1.165, 1.54) is 18.5 Å². The molecule has 0 aliphatic carbocycles. The summed E-state index contributed by atoms with van der Waals surface area (Å²) in [6, 6.07) is 1.71. The highest BCUT2D eigenvalue weighted by Gasteiger charge is 2.19. The van der Waals surface area contributed by atoms with Crippen molar-refractivity contribution in [2.24, 2.45) is 0 Å². The molecule has 4 heteroatoms. The van der Waals surface area contributed by atoms with Crippen LogP contribution in [0.4, 0.5) is 0 Å². The Hall–Kier alpha value is -1.58. The lowest BCUT2D eigenvalue weighted by molar-refractivity contribution is 0.0733. The molecule has 4 nitrogen and oxygen atoms in total. The number of hydrogen-bond acceptors (Lipinski definition) is 3. The van der Waals surface area contributed by atoms with Crippen molar-refractivity contribution in [2.75, 3.05) is 7.05 Å². The average molecular weight is 222 g/mol. The number of aromatic hydroxyl groups is 1. The Kier molecular flexibility index (Phi) is 4.28. The Morgan fingerprint density at radius 3 is 2.88 bits per heavy atom. The molecule has 1 N–H and O–H groups in total. The summed E-state index contributed by atoms with van der Waals surface area (Å²) in [5, 5.41) is 9.53. The third-order valence-corrected chi connectivity index (χ3v) is 2.72. The molecule has 88 valence electrons. The Morgan fingerprint density at radius 1 is 1.62 bits per heavy atom. The van der Waals surface area contributed by atoms with E-state index in [1.54, 1.807) is 11.9 Å². The third-order valence-electron chi connectivity index (χ3n) is 2.72. The van der Waals surface area contributed by atoms with Gasteiger partial charge in [-0.25, -0.2) is 0 Å². The minimum atomic E-state index is -0.166. The molecular formula is C12H18N2O2. The molecule has 0 aromatic carbocycles. The van der Waals surface area contributed by atoms with E-state index in [0.29, 0.717) is 5.56 Å². The molecule has 1 rings (SSSR count). The first-order chi connectivity index (χ1) is 7.57. The summed E-state index contributed by atoms with van der Waals surface area (Å²) in [4.78, 5) is 17.4. The maximum Gasteiger partial charge on any atom is 0.257 e. The van der Waals surface area contributed by atoms with Crippen LogP contribution in [-0.4, -0.2) is 34.0 Å². The highest BCUT2D eigenvalue weighted by Crippen LogP contribution is 2.17. The first-order valence-corrected chi connectivity index (χ1v) is 5.48. The zero-order valence-electron chi connectivity index (χ0n) is 9.97. The predicted octanol–water partition coefficient (Wildman–Crippen LogP) is 2.05. The Balaban J connectivity index is 2.82. The highest BCUT2D eigenvalue weighted by molar-refractivity contribution is 5.96. The summed E-state index contributed by atoms with van der Waals surface area (Å²) in [7, 11) is 1.75. The molecule has 0 radical (unpaired) electrons. The van der Waals surface area contributed by atoms with E-state index in [1.807, 2.05) is 6.92 Å². The molecule has 1 aromatic rings. The van der Waals surface area contributed by atoms with Crippen molar-refractivity contribution in [3.05, 3.63) is 24.0 Å². The molecule has 16 heavy (non-hydrogen) atoms. The zero-order chi connectivity index (χ0) is 12.1. The quantitative estimate of drug-likeness (QED) is 0.848. The monoisotopic (exact) mass is 222 g/mol. The van der Waals surface area contributed by atoms with Crippen molar-refractivity contribution >= 4 is 5.91 Å². The highest BCUT2D eigenvalue weighted by atomic mass is 16.3. The summed E-state index contributed by atoms with van der Waals surface area (Å²) in [5.74, 6) is -0.233. The Bertz CT molecular complexity index is 366. The molecule has 0 aliphatic rings. The number of pyridine rings is 1. The van der Waals surface area contributed by atoms with Crippen LogP contribution in [-0.2, 0) is 0 Å². The Labute approximate surface area is 95.9 Å². The van der Waals surface area contributed by atoms with Gasteiger partial charge in [-0.15, -0.1) is 0 Å². The van der Waals surface area contributed by atoms with Crippen LogP contribution in [0, 0.1) is 0 Å². The van der Waals surface area contributed by atoms with Crippen molar-refractivity contribution in [1.82, 2.24) is 9.88 Å². The van der Waals surface area contributed by atoms with E-state index < -0.39 is 0 Å². The molecular weight excluding hydrogens is 204 g/mol. The topological polar surface area (TPSA) is 53.4 Å². The van der Waals surface area contributed by atoms with Crippen molar-refractivity contribution < 1.29 is 9.90 Å². The standard InChI is InChI=1S/C12H18N2O2/c1-4-5-9(2)14(3)12(16)10-6-7-13-8-11(10)15/h6-9,15H,4-5H2,1-3H3. The minimum absolute atomic E-state index is 0.0666. The summed E-state index contributed by atoms with van der Waals surface area (Å²) in [6.45, 7) is 4.08. The van der Waals surface area contributed by atoms with E-state index in [-0.39, 0.29) is 17.7 Å². The van der Waals surface area contributed by atoms with E-state index in [9.17, 15) is 9.90 Å². The van der Waals surface area contributed by atoms with Gasteiger partial charge in [-0.3, -0.25) is 9.78 Å². The number of carbonyl (C=O) groups excluding carboxylic acids is 1. The molecule has 0 spiro atoms. The van der Waals surface area contributed by atoms with Crippen LogP contribution in [0.25, 0.3) is 0 Å². The second-order valence-electron chi connectivity index (χ2n) is 3.95. The van der Waals surface area contributed by atoms with Gasteiger partial charge in [0.2, 0.25) is 0 Å². The minimum Gasteiger partial charge on any atom is -0.505 e. The molecule has 0 saturated heterocycles. The first kappa shape index (κ1) is 12.5. The van der Waals surface area contributed by atoms with Crippen LogP contribution in [0.5, 0.6) is 5.75 Å². The van der Waals surface area contributed by atoms with E-state index in [2.05, 4.69) is 11.9 Å². The summed E-state index contributed by atoms with van der Waals surface area (Å²) < 4.78 is 0. The number of rotatable bonds is 4. The number of hydrogen-bond donors (Lipinski definition) is 1. The van der Waals surface area contributed by atoms with Crippen LogP contribution >= 0.6 is 0 Å². The maximum absolute atomic E-state index is 12.0. The van der Waals surface area contributed by atoms with Gasteiger partial charge in [-0.1, -0.05) is 13.3 Å². The lowest BCUT2D eigenvalue weighted by Gasteiger charge is -2.24. The Morgan fingerprint density at radius 2 is 2.31 bits per heavy atom. The molecule has 0 aliphatic heterocycles. The van der Waals surface area contributed by atoms with Crippen molar-refractivity contribution in [1.29, 1.82) is 0 Å². The van der Waals surface area contributed by atoms with Gasteiger partial charge >= 0.3 is 0 Å². The molecule has 1 aromatic heterocycles. The van der Waals surface area contributed by atoms with E-state index >= 15 is 0 Å². The largest absolute Gasteiger partial charge is 0.505 e. The fourth-order valence-electron chi connectivity index (χ4n) is 1.57. The van der Waals surface area contributed by atoms with Crippen LogP contribution in [0.15, 0.2) is 18.5 Å². The van der Waals surface area contributed by atoms with E-state index in [0.717, 1.165) is 12.8 Å². The number of amides is 1. The van der Waals surface area contributed by atoms with Crippen LogP contribution < -0.4 is 0 Å². The normalized spacial score (nSPS) is 12.2. The summed E-state index contributed by atoms with van der Waals surface area (Å²) in [6.07, 6.45) is 4.77. The zero-order valence-corrected chi connectivity index (χ0v) is 9.97. The van der Waals surface area contributed by atoms with Gasteiger partial charge in [0.15, 0.2) is 0 Å². The van der Waals surface area contributed by atoms with Gasteiger partial charge in [0.1, 0.15) is 5.75 Å². The van der Waals surface area contributed by atoms with Crippen molar-refractivity contribution in [2.45, 2.75) is 32.7 Å². The molecule has 1 atom stereocenters. The molecule has 0 saturated carbocycles. The smallest absolute Gasteiger partial charge is 0.257 e. The van der Waals surface area contributed by atoms with Crippen LogP contribution in [0.3, 0.4) is 0 Å². The van der Waals surface area contributed by atoms with Crippen LogP contribution in [0.2, 0.25) is 0 Å². The van der Waals surface area contributed by atoms with Gasteiger partial charge in [-0.05, 0) is 19.4 Å². The molecule has 0 fully saturated rings. The molecule has 0 bridgehead atoms. The SMILES string of the molecule is CCCC(C)N(C)C(=O)c1ccncc1O. The van der Waals surface area contributed by atoms with Crippen molar-refractivity contribution in [3.63, 3.8) is 0 Å². The number of nitrogens with zero attached hydrogens (tertiary/aromatic N) is 2. The lowest BCUT2D eigenvalue weighted by Crippen LogP contribution is -2.35. The van der Waals surface area contributed by atoms with Gasteiger partial charge in [-0.2, -0.15) is 0 Å². The summed E-state index contributed by atoms with van der Waals surface area (Å²) >= 11 is 0. The van der Waals surface area contributed by atoms with Gasteiger partial charge in [0.25, 0.3) is 5.91 Å². The van der Waals surface area contributed by atoms with Crippen LogP contribution in [0.1, 0.15) is 37.0 Å². The van der Waals surface area contributed by atoms with Gasteiger partial charge < -0.3 is 10.0 Å². The maximum atomic E-state index is 12.0. The second-order valence-corrected chi connectivity index (χ2v) is 3.95. The van der Waals surface area contributed by atoms with E-state index in [4.69, 9.17) is 0 Å². The molecule has 1 amide bonds. The predicted molar refractivity (Wildman–Crippen MR) is 62.4 cm³/mol. The fraction of sp³-hybridized carbons (Fsp3) is 0.500. The van der Waals surface area contributed by atoms with Gasteiger partial charge in [0, 0.05) is 19.3 Å². The molecule has 1 unspecified atom stereocenters. The fourth-order valence-corrected chi connectivity index (χ4v) is 1.57.